The first-order valence-electron chi connectivity index (χ1n) is 12.4. The maximum Gasteiger partial charge on any atom is 0.219 e. The number of ether oxygens (including phenoxy) is 2. The van der Waals surface area contributed by atoms with Crippen LogP contribution in [0.1, 0.15) is 69.2 Å². The summed E-state index contributed by atoms with van der Waals surface area (Å²) in [6, 6.07) is 13.6. The summed E-state index contributed by atoms with van der Waals surface area (Å²) in [4.78, 5) is 16.5. The maximum atomic E-state index is 11.9. The molecule has 5 nitrogen and oxygen atoms in total. The van der Waals surface area contributed by atoms with Crippen molar-refractivity contribution in [2.75, 3.05) is 20.7 Å². The van der Waals surface area contributed by atoms with E-state index in [2.05, 4.69) is 29.2 Å². The van der Waals surface area contributed by atoms with E-state index in [9.17, 15) is 4.79 Å². The van der Waals surface area contributed by atoms with Crippen molar-refractivity contribution in [1.82, 2.24) is 9.80 Å². The highest BCUT2D eigenvalue weighted by molar-refractivity contribution is 6.30. The summed E-state index contributed by atoms with van der Waals surface area (Å²) in [5, 5.41) is 0.748. The Labute approximate surface area is 209 Å². The fraction of sp³-hybridized carbons (Fsp3) is 0.536. The van der Waals surface area contributed by atoms with Crippen LogP contribution in [0.4, 0.5) is 0 Å². The molecule has 1 aliphatic heterocycles. The first-order chi connectivity index (χ1) is 16.3. The molecule has 0 saturated heterocycles. The van der Waals surface area contributed by atoms with Gasteiger partial charge >= 0.3 is 0 Å². The van der Waals surface area contributed by atoms with E-state index in [1.54, 1.807) is 14.0 Å². The molecule has 1 amide bonds. The predicted octanol–water partition coefficient (Wildman–Crippen LogP) is 5.87. The van der Waals surface area contributed by atoms with E-state index in [1.807, 2.05) is 37.9 Å². The SMILES string of the molecule is COc1cc2c(cc1OC(C)C)C(c1ccc(Cl)cc1)N(C1CCC(N(C)C(C)=O)CC1)CC2. The third-order valence-electron chi connectivity index (χ3n) is 7.42. The number of amides is 1. The number of fused-ring (bicyclic) bond motifs is 1. The first kappa shape index (κ1) is 24.9. The Balaban J connectivity index is 1.69. The molecule has 2 aromatic carbocycles. The Hall–Kier alpha value is -2.24. The average Bonchev–Trinajstić information content (AvgIpc) is 2.83. The van der Waals surface area contributed by atoms with Crippen LogP contribution in [-0.2, 0) is 11.2 Å². The summed E-state index contributed by atoms with van der Waals surface area (Å²) in [6.45, 7) is 6.73. The molecule has 0 N–H and O–H groups in total. The first-order valence-corrected chi connectivity index (χ1v) is 12.8. The van der Waals surface area contributed by atoms with Crippen LogP contribution in [0.15, 0.2) is 36.4 Å². The van der Waals surface area contributed by atoms with Gasteiger partial charge in [-0.3, -0.25) is 9.69 Å². The molecule has 2 aliphatic rings. The molecule has 0 spiro atoms. The van der Waals surface area contributed by atoms with E-state index in [0.717, 1.165) is 55.2 Å². The number of nitrogens with zero attached hydrogens (tertiary/aromatic N) is 2. The van der Waals surface area contributed by atoms with E-state index < -0.39 is 0 Å². The molecule has 0 bridgehead atoms. The zero-order valence-electron chi connectivity index (χ0n) is 21.0. The third kappa shape index (κ3) is 5.21. The number of carbonyl (C=O) groups excluding carboxylic acids is 1. The minimum absolute atomic E-state index is 0.0640. The lowest BCUT2D eigenvalue weighted by molar-refractivity contribution is -0.130. The Morgan fingerprint density at radius 3 is 2.35 bits per heavy atom. The Kier molecular flexibility index (Phi) is 7.73. The van der Waals surface area contributed by atoms with Gasteiger partial charge in [-0.15, -0.1) is 0 Å². The van der Waals surface area contributed by atoms with Gasteiger partial charge < -0.3 is 14.4 Å². The second-order valence-corrected chi connectivity index (χ2v) is 10.3. The molecule has 1 fully saturated rings. The van der Waals surface area contributed by atoms with Crippen LogP contribution in [0.5, 0.6) is 11.5 Å². The molecule has 184 valence electrons. The van der Waals surface area contributed by atoms with Gasteiger partial charge in [0.15, 0.2) is 11.5 Å². The summed E-state index contributed by atoms with van der Waals surface area (Å²) in [7, 11) is 3.64. The lowest BCUT2D eigenvalue weighted by Gasteiger charge is -2.46. The molecule has 1 heterocycles. The van der Waals surface area contributed by atoms with E-state index >= 15 is 0 Å². The number of hydrogen-bond donors (Lipinski definition) is 0. The maximum absolute atomic E-state index is 11.9. The largest absolute Gasteiger partial charge is 0.493 e. The predicted molar refractivity (Wildman–Crippen MR) is 137 cm³/mol. The van der Waals surface area contributed by atoms with E-state index in [4.69, 9.17) is 21.1 Å². The molecule has 0 radical (unpaired) electrons. The van der Waals surface area contributed by atoms with Crippen LogP contribution >= 0.6 is 11.6 Å². The lowest BCUT2D eigenvalue weighted by atomic mass is 9.82. The van der Waals surface area contributed by atoms with Gasteiger partial charge in [0, 0.05) is 37.6 Å². The highest BCUT2D eigenvalue weighted by atomic mass is 35.5. The van der Waals surface area contributed by atoms with Crippen LogP contribution < -0.4 is 9.47 Å². The second kappa shape index (κ2) is 10.6. The van der Waals surface area contributed by atoms with Crippen molar-refractivity contribution >= 4 is 17.5 Å². The van der Waals surface area contributed by atoms with Gasteiger partial charge in [0.2, 0.25) is 5.91 Å². The molecule has 1 saturated carbocycles. The normalized spacial score (nSPS) is 22.9. The van der Waals surface area contributed by atoms with E-state index in [1.165, 1.54) is 16.7 Å². The van der Waals surface area contributed by atoms with Crippen molar-refractivity contribution in [3.63, 3.8) is 0 Å². The lowest BCUT2D eigenvalue weighted by Crippen LogP contribution is -2.47. The number of rotatable bonds is 6. The molecule has 1 atom stereocenters. The number of carbonyl (C=O) groups is 1. The zero-order valence-corrected chi connectivity index (χ0v) is 21.8. The standard InChI is InChI=1S/C28H37ClN2O3/c1-18(2)34-27-17-25-21(16-26(27)33-5)14-15-31(28(25)20-6-8-22(29)9-7-20)24-12-10-23(11-13-24)30(4)19(3)32/h6-9,16-18,23-24,28H,10-15H2,1-5H3. The van der Waals surface area contributed by atoms with E-state index in [-0.39, 0.29) is 18.1 Å². The Bertz CT molecular complexity index is 999. The van der Waals surface area contributed by atoms with Crippen LogP contribution in [-0.4, -0.2) is 54.6 Å². The summed E-state index contributed by atoms with van der Waals surface area (Å²) in [5.74, 6) is 1.74. The molecule has 34 heavy (non-hydrogen) atoms. The second-order valence-electron chi connectivity index (χ2n) is 9.90. The number of benzene rings is 2. The zero-order chi connectivity index (χ0) is 24.4. The summed E-state index contributed by atoms with van der Waals surface area (Å²) in [6.07, 6.45) is 5.31. The minimum atomic E-state index is 0.0640. The molecule has 2 aromatic rings. The molecular weight excluding hydrogens is 448 g/mol. The highest BCUT2D eigenvalue weighted by Crippen LogP contribution is 2.44. The number of halogens is 1. The van der Waals surface area contributed by atoms with Crippen LogP contribution in [0.2, 0.25) is 5.02 Å². The Morgan fingerprint density at radius 1 is 1.09 bits per heavy atom. The van der Waals surface area contributed by atoms with Crippen LogP contribution in [0.25, 0.3) is 0 Å². The van der Waals surface area contributed by atoms with Gasteiger partial charge in [-0.2, -0.15) is 0 Å². The van der Waals surface area contributed by atoms with Crippen molar-refractivity contribution in [2.45, 2.75) is 77.1 Å². The van der Waals surface area contributed by atoms with Crippen molar-refractivity contribution < 1.29 is 14.3 Å². The molecule has 1 aliphatic carbocycles. The van der Waals surface area contributed by atoms with Gasteiger partial charge in [-0.05, 0) is 86.9 Å². The van der Waals surface area contributed by atoms with Crippen LogP contribution in [0.3, 0.4) is 0 Å². The summed E-state index contributed by atoms with van der Waals surface area (Å²) >= 11 is 6.25. The van der Waals surface area contributed by atoms with Gasteiger partial charge in [-0.1, -0.05) is 23.7 Å². The monoisotopic (exact) mass is 484 g/mol. The fourth-order valence-electron chi connectivity index (χ4n) is 5.60. The summed E-state index contributed by atoms with van der Waals surface area (Å²) in [5.41, 5.74) is 3.84. The van der Waals surface area contributed by atoms with Crippen molar-refractivity contribution in [3.05, 3.63) is 58.1 Å². The van der Waals surface area contributed by atoms with Gasteiger partial charge in [0.1, 0.15) is 0 Å². The van der Waals surface area contributed by atoms with E-state index in [0.29, 0.717) is 12.1 Å². The minimum Gasteiger partial charge on any atom is -0.493 e. The molecule has 0 aromatic heterocycles. The van der Waals surface area contributed by atoms with Gasteiger partial charge in [-0.25, -0.2) is 0 Å². The molecule has 4 rings (SSSR count). The van der Waals surface area contributed by atoms with Gasteiger partial charge in [0.05, 0.1) is 19.3 Å². The smallest absolute Gasteiger partial charge is 0.219 e. The number of methoxy groups -OCH3 is 1. The van der Waals surface area contributed by atoms with Crippen LogP contribution in [0, 0.1) is 0 Å². The Morgan fingerprint density at radius 2 is 1.76 bits per heavy atom. The molecular formula is C28H37ClN2O3. The topological polar surface area (TPSA) is 42.0 Å². The average molecular weight is 485 g/mol. The van der Waals surface area contributed by atoms with Crippen molar-refractivity contribution in [1.29, 1.82) is 0 Å². The fourth-order valence-corrected chi connectivity index (χ4v) is 5.72. The number of hydrogen-bond acceptors (Lipinski definition) is 4. The highest BCUT2D eigenvalue weighted by Gasteiger charge is 2.37. The van der Waals surface area contributed by atoms with Crippen molar-refractivity contribution in [2.24, 2.45) is 0 Å². The quantitative estimate of drug-likeness (QED) is 0.514. The van der Waals surface area contributed by atoms with Gasteiger partial charge in [0.25, 0.3) is 0 Å². The third-order valence-corrected chi connectivity index (χ3v) is 7.67. The molecule has 1 unspecified atom stereocenters. The summed E-state index contributed by atoms with van der Waals surface area (Å²) < 4.78 is 11.8. The molecule has 6 heteroatoms. The van der Waals surface area contributed by atoms with Crippen molar-refractivity contribution in [3.8, 4) is 11.5 Å².